The zero-order valence-electron chi connectivity index (χ0n) is 8.93. The predicted molar refractivity (Wildman–Crippen MR) is 60.1 cm³/mol. The second kappa shape index (κ2) is 5.90. The minimum atomic E-state index is -2.93. The summed E-state index contributed by atoms with van der Waals surface area (Å²) < 4.78 is 30.2. The first kappa shape index (κ1) is 13.8. The minimum absolute atomic E-state index is 0.127. The van der Waals surface area contributed by atoms with Gasteiger partial charge < -0.3 is 9.72 Å². The van der Waals surface area contributed by atoms with E-state index in [9.17, 15) is 18.4 Å². The molecule has 0 atom stereocenters. The number of pyridine rings is 1. The van der Waals surface area contributed by atoms with E-state index in [0.717, 1.165) is 6.07 Å². The first-order valence-corrected chi connectivity index (χ1v) is 5.60. The molecule has 1 N–H and O–H groups in total. The molecule has 0 amide bonds. The first-order chi connectivity index (χ1) is 7.95. The van der Waals surface area contributed by atoms with Crippen LogP contribution < -0.4 is 5.43 Å². The fourth-order valence-electron chi connectivity index (χ4n) is 1.32. The Bertz CT molecular complexity index is 473. The van der Waals surface area contributed by atoms with Gasteiger partial charge in [-0.05, 0) is 22.9 Å². The van der Waals surface area contributed by atoms with E-state index in [1.807, 2.05) is 0 Å². The van der Waals surface area contributed by atoms with Crippen LogP contribution in [-0.4, -0.2) is 17.6 Å². The molecule has 1 aromatic rings. The summed E-state index contributed by atoms with van der Waals surface area (Å²) in [6.45, 7) is 1.76. The molecular weight excluding hydrogens is 300 g/mol. The number of nitrogens with one attached hydrogen (secondary N) is 1. The van der Waals surface area contributed by atoms with Crippen LogP contribution in [0.1, 0.15) is 24.6 Å². The number of hydrogen-bond donors (Lipinski definition) is 1. The molecule has 1 aromatic heterocycles. The number of carbonyl (C=O) groups is 1. The lowest BCUT2D eigenvalue weighted by Crippen LogP contribution is -2.18. The third-order valence-corrected chi connectivity index (χ3v) is 2.39. The number of rotatable bonds is 4. The van der Waals surface area contributed by atoms with Crippen molar-refractivity contribution in [3.63, 3.8) is 0 Å². The number of carbonyl (C=O) groups excluding carboxylic acids is 1. The van der Waals surface area contributed by atoms with Crippen LogP contribution in [0.4, 0.5) is 8.78 Å². The van der Waals surface area contributed by atoms with Crippen LogP contribution >= 0.6 is 15.9 Å². The van der Waals surface area contributed by atoms with E-state index in [1.54, 1.807) is 6.92 Å². The summed E-state index contributed by atoms with van der Waals surface area (Å²) in [6.07, 6.45) is -3.32. The quantitative estimate of drug-likeness (QED) is 0.685. The molecule has 1 rings (SSSR count). The molecule has 94 valence electrons. The van der Waals surface area contributed by atoms with Crippen LogP contribution in [0, 0.1) is 0 Å². The first-order valence-electron chi connectivity index (χ1n) is 4.81. The number of alkyl halides is 2. The van der Waals surface area contributed by atoms with Crippen molar-refractivity contribution in [2.24, 2.45) is 0 Å². The average molecular weight is 310 g/mol. The number of aromatic nitrogens is 1. The van der Waals surface area contributed by atoms with Crippen molar-refractivity contribution in [2.75, 3.05) is 6.61 Å². The van der Waals surface area contributed by atoms with Crippen LogP contribution in [0.2, 0.25) is 0 Å². The van der Waals surface area contributed by atoms with Gasteiger partial charge in [0.2, 0.25) is 0 Å². The van der Waals surface area contributed by atoms with Crippen LogP contribution in [0.15, 0.2) is 15.5 Å². The van der Waals surface area contributed by atoms with Gasteiger partial charge in [-0.3, -0.25) is 9.59 Å². The standard InChI is InChI=1S/C10H10BrF2NO3/c1-2-17-8(16)3-5-9(10(12)13)6(15)4-7(11)14-5/h4,10H,2-3H2,1H3,(H,14,15). The summed E-state index contributed by atoms with van der Waals surface area (Å²) in [5, 5.41) is 0. The molecule has 17 heavy (non-hydrogen) atoms. The molecule has 4 nitrogen and oxygen atoms in total. The van der Waals surface area contributed by atoms with Crippen molar-refractivity contribution in [2.45, 2.75) is 19.8 Å². The highest BCUT2D eigenvalue weighted by atomic mass is 79.9. The van der Waals surface area contributed by atoms with Crippen LogP contribution in [0.25, 0.3) is 0 Å². The summed E-state index contributed by atoms with van der Waals surface area (Å²) in [4.78, 5) is 25.1. The molecule has 0 aliphatic heterocycles. The zero-order chi connectivity index (χ0) is 13.0. The van der Waals surface area contributed by atoms with Gasteiger partial charge in [0, 0.05) is 11.8 Å². The van der Waals surface area contributed by atoms with Gasteiger partial charge in [-0.2, -0.15) is 0 Å². The van der Waals surface area contributed by atoms with Crippen molar-refractivity contribution < 1.29 is 18.3 Å². The van der Waals surface area contributed by atoms with Gasteiger partial charge in [-0.15, -0.1) is 0 Å². The van der Waals surface area contributed by atoms with Gasteiger partial charge >= 0.3 is 5.97 Å². The maximum atomic E-state index is 12.7. The van der Waals surface area contributed by atoms with E-state index in [4.69, 9.17) is 0 Å². The summed E-state index contributed by atoms with van der Waals surface area (Å²) in [5.74, 6) is -0.664. The number of esters is 1. The highest BCUT2D eigenvalue weighted by Gasteiger charge is 2.20. The fourth-order valence-corrected chi connectivity index (χ4v) is 1.77. The number of hydrogen-bond acceptors (Lipinski definition) is 3. The Balaban J connectivity index is 3.12. The van der Waals surface area contributed by atoms with E-state index < -0.39 is 23.4 Å². The normalized spacial score (nSPS) is 10.6. The Kier molecular flexibility index (Phi) is 4.80. The summed E-state index contributed by atoms with van der Waals surface area (Å²) in [5.41, 5.74) is -1.64. The molecule has 0 aliphatic carbocycles. The maximum absolute atomic E-state index is 12.7. The van der Waals surface area contributed by atoms with Gasteiger partial charge in [0.15, 0.2) is 5.43 Å². The Labute approximate surface area is 104 Å². The molecule has 0 aliphatic rings. The second-order valence-electron chi connectivity index (χ2n) is 3.16. The molecule has 0 aromatic carbocycles. The van der Waals surface area contributed by atoms with Crippen molar-refractivity contribution >= 4 is 21.9 Å². The van der Waals surface area contributed by atoms with Crippen LogP contribution in [-0.2, 0) is 16.0 Å². The van der Waals surface area contributed by atoms with Gasteiger partial charge in [0.25, 0.3) is 6.43 Å². The Morgan fingerprint density at radius 1 is 1.59 bits per heavy atom. The zero-order valence-corrected chi connectivity index (χ0v) is 10.5. The lowest BCUT2D eigenvalue weighted by atomic mass is 10.1. The third-order valence-electron chi connectivity index (χ3n) is 1.96. The smallest absolute Gasteiger partial charge is 0.311 e. The van der Waals surface area contributed by atoms with Crippen molar-refractivity contribution in [3.8, 4) is 0 Å². The molecule has 0 saturated carbocycles. The molecule has 0 saturated heterocycles. The van der Waals surface area contributed by atoms with E-state index in [1.165, 1.54) is 0 Å². The Hall–Kier alpha value is -1.24. The maximum Gasteiger partial charge on any atom is 0.311 e. The molecule has 7 heteroatoms. The average Bonchev–Trinajstić information content (AvgIpc) is 2.15. The highest BCUT2D eigenvalue weighted by Crippen LogP contribution is 2.20. The lowest BCUT2D eigenvalue weighted by Gasteiger charge is -2.08. The molecule has 1 heterocycles. The molecule has 0 radical (unpaired) electrons. The summed E-state index contributed by atoms with van der Waals surface area (Å²) in [6, 6.07) is 0.996. The summed E-state index contributed by atoms with van der Waals surface area (Å²) in [7, 11) is 0. The Morgan fingerprint density at radius 2 is 2.24 bits per heavy atom. The largest absolute Gasteiger partial charge is 0.466 e. The van der Waals surface area contributed by atoms with E-state index >= 15 is 0 Å². The van der Waals surface area contributed by atoms with Crippen LogP contribution in [0.5, 0.6) is 0 Å². The van der Waals surface area contributed by atoms with E-state index in [-0.39, 0.29) is 23.3 Å². The predicted octanol–water partition coefficient (Wildman–Crippen LogP) is 2.18. The fraction of sp³-hybridized carbons (Fsp3) is 0.400. The molecule has 0 fully saturated rings. The minimum Gasteiger partial charge on any atom is -0.466 e. The molecular formula is C10H10BrF2NO3. The van der Waals surface area contributed by atoms with Crippen molar-refractivity contribution in [1.29, 1.82) is 0 Å². The number of ether oxygens (including phenoxy) is 1. The summed E-state index contributed by atoms with van der Waals surface area (Å²) >= 11 is 2.97. The number of aromatic amines is 1. The van der Waals surface area contributed by atoms with Gasteiger partial charge in [-0.25, -0.2) is 8.78 Å². The third kappa shape index (κ3) is 3.62. The van der Waals surface area contributed by atoms with Crippen LogP contribution in [0.3, 0.4) is 0 Å². The molecule has 0 spiro atoms. The number of H-pyrrole nitrogens is 1. The van der Waals surface area contributed by atoms with Gasteiger partial charge in [-0.1, -0.05) is 0 Å². The Morgan fingerprint density at radius 3 is 2.76 bits per heavy atom. The SMILES string of the molecule is CCOC(=O)Cc1[nH]c(Br)cc(=O)c1C(F)F. The topological polar surface area (TPSA) is 59.2 Å². The molecule has 0 bridgehead atoms. The van der Waals surface area contributed by atoms with Gasteiger partial charge in [0.1, 0.15) is 0 Å². The lowest BCUT2D eigenvalue weighted by molar-refractivity contribution is -0.142. The van der Waals surface area contributed by atoms with Crippen molar-refractivity contribution in [1.82, 2.24) is 4.98 Å². The second-order valence-corrected chi connectivity index (χ2v) is 4.01. The van der Waals surface area contributed by atoms with E-state index in [2.05, 4.69) is 25.7 Å². The highest BCUT2D eigenvalue weighted by molar-refractivity contribution is 9.10. The van der Waals surface area contributed by atoms with Crippen molar-refractivity contribution in [3.05, 3.63) is 32.2 Å². The monoisotopic (exact) mass is 309 g/mol. The van der Waals surface area contributed by atoms with E-state index in [0.29, 0.717) is 0 Å². The number of halogens is 3. The van der Waals surface area contributed by atoms with Gasteiger partial charge in [0.05, 0.1) is 23.2 Å². The molecule has 0 unspecified atom stereocenters.